The van der Waals surface area contributed by atoms with Crippen molar-refractivity contribution in [2.45, 2.75) is 25.3 Å². The lowest BCUT2D eigenvalue weighted by atomic mass is 10.1. The van der Waals surface area contributed by atoms with Gasteiger partial charge in [-0.15, -0.1) is 0 Å². The third-order valence-electron chi connectivity index (χ3n) is 4.01. The fraction of sp³-hybridized carbons (Fsp3) is 0.375. The lowest BCUT2D eigenvalue weighted by Crippen LogP contribution is -2.32. The highest BCUT2D eigenvalue weighted by atomic mass is 16.5. The van der Waals surface area contributed by atoms with Crippen LogP contribution in [0.1, 0.15) is 19.3 Å². The number of nitrogens with zero attached hydrogens (tertiary/aromatic N) is 2. The lowest BCUT2D eigenvalue weighted by Gasteiger charge is -2.25. The molecule has 1 saturated heterocycles. The van der Waals surface area contributed by atoms with Crippen molar-refractivity contribution < 1.29 is 14.6 Å². The second-order valence-electron chi connectivity index (χ2n) is 5.31. The van der Waals surface area contributed by atoms with E-state index in [1.807, 2.05) is 24.3 Å². The summed E-state index contributed by atoms with van der Waals surface area (Å²) in [5.41, 5.74) is 0. The average molecular weight is 286 g/mol. The van der Waals surface area contributed by atoms with Gasteiger partial charge in [-0.05, 0) is 42.5 Å². The molecule has 0 amide bonds. The number of methoxy groups -OCH3 is 1. The Kier molecular flexibility index (Phi) is 3.64. The smallest absolute Gasteiger partial charge is 0.305 e. The first-order valence-corrected chi connectivity index (χ1v) is 7.10. The lowest BCUT2D eigenvalue weighted by molar-refractivity contribution is -0.137. The van der Waals surface area contributed by atoms with Gasteiger partial charge in [0.15, 0.2) is 0 Å². The minimum absolute atomic E-state index is 0.0303. The molecule has 0 spiro atoms. The number of ether oxygens (including phenoxy) is 1. The molecule has 1 unspecified atom stereocenters. The van der Waals surface area contributed by atoms with Crippen LogP contribution in [0, 0.1) is 0 Å². The summed E-state index contributed by atoms with van der Waals surface area (Å²) < 4.78 is 5.25. The number of carboxylic acid groups (broad SMARTS) is 1. The SMILES string of the molecule is COc1ccc2c(N3CCCC3CC(=O)O)nccc2c1. The summed E-state index contributed by atoms with van der Waals surface area (Å²) in [6.45, 7) is 0.857. The third kappa shape index (κ3) is 2.63. The average Bonchev–Trinajstić information content (AvgIpc) is 2.93. The van der Waals surface area contributed by atoms with E-state index in [1.54, 1.807) is 13.3 Å². The number of benzene rings is 1. The van der Waals surface area contributed by atoms with Gasteiger partial charge in [-0.3, -0.25) is 4.79 Å². The number of fused-ring (bicyclic) bond motifs is 1. The van der Waals surface area contributed by atoms with E-state index in [2.05, 4.69) is 9.88 Å². The van der Waals surface area contributed by atoms with Gasteiger partial charge < -0.3 is 14.7 Å². The van der Waals surface area contributed by atoms with E-state index < -0.39 is 5.97 Å². The van der Waals surface area contributed by atoms with Crippen molar-refractivity contribution in [2.24, 2.45) is 0 Å². The largest absolute Gasteiger partial charge is 0.497 e. The van der Waals surface area contributed by atoms with Gasteiger partial charge >= 0.3 is 5.97 Å². The Bertz CT molecular complexity index is 672. The number of aromatic nitrogens is 1. The standard InChI is InChI=1S/C16H18N2O3/c1-21-13-4-5-14-11(9-13)6-7-17-16(14)18-8-2-3-12(18)10-15(19)20/h4-7,9,12H,2-3,8,10H2,1H3,(H,19,20). The van der Waals surface area contributed by atoms with E-state index >= 15 is 0 Å². The zero-order valence-electron chi connectivity index (χ0n) is 12.0. The van der Waals surface area contributed by atoms with Gasteiger partial charge in [0, 0.05) is 24.2 Å². The zero-order chi connectivity index (χ0) is 14.8. The maximum atomic E-state index is 11.0. The molecule has 21 heavy (non-hydrogen) atoms. The second-order valence-corrected chi connectivity index (χ2v) is 5.31. The number of carbonyl (C=O) groups is 1. The van der Waals surface area contributed by atoms with E-state index in [0.29, 0.717) is 0 Å². The molecule has 0 bridgehead atoms. The summed E-state index contributed by atoms with van der Waals surface area (Å²) in [5.74, 6) is 0.927. The number of hydrogen-bond donors (Lipinski definition) is 1. The first kappa shape index (κ1) is 13.7. The highest BCUT2D eigenvalue weighted by Gasteiger charge is 2.28. The van der Waals surface area contributed by atoms with Gasteiger partial charge in [0.05, 0.1) is 13.5 Å². The van der Waals surface area contributed by atoms with Crippen LogP contribution < -0.4 is 9.64 Å². The van der Waals surface area contributed by atoms with Crippen molar-refractivity contribution in [2.75, 3.05) is 18.6 Å². The predicted octanol–water partition coefficient (Wildman–Crippen LogP) is 2.69. The fourth-order valence-corrected chi connectivity index (χ4v) is 3.02. The van der Waals surface area contributed by atoms with Gasteiger partial charge in [0.25, 0.3) is 0 Å². The molecule has 1 aliphatic heterocycles. The molecule has 3 rings (SSSR count). The molecule has 0 aliphatic carbocycles. The number of hydrogen-bond acceptors (Lipinski definition) is 4. The van der Waals surface area contributed by atoms with Gasteiger partial charge in [-0.1, -0.05) is 0 Å². The number of anilines is 1. The second kappa shape index (κ2) is 5.60. The van der Waals surface area contributed by atoms with Crippen molar-refractivity contribution in [1.29, 1.82) is 0 Å². The molecular formula is C16H18N2O3. The van der Waals surface area contributed by atoms with Gasteiger partial charge in [-0.2, -0.15) is 0 Å². The maximum absolute atomic E-state index is 11.0. The van der Waals surface area contributed by atoms with E-state index in [0.717, 1.165) is 41.7 Å². The third-order valence-corrected chi connectivity index (χ3v) is 4.01. The maximum Gasteiger partial charge on any atom is 0.305 e. The zero-order valence-corrected chi connectivity index (χ0v) is 12.0. The van der Waals surface area contributed by atoms with Crippen LogP contribution in [-0.4, -0.2) is 35.8 Å². The highest BCUT2D eigenvalue weighted by molar-refractivity contribution is 5.93. The predicted molar refractivity (Wildman–Crippen MR) is 80.9 cm³/mol. The van der Waals surface area contributed by atoms with Crippen LogP contribution in [0.5, 0.6) is 5.75 Å². The highest BCUT2D eigenvalue weighted by Crippen LogP contribution is 2.32. The molecule has 1 aliphatic rings. The van der Waals surface area contributed by atoms with Crippen molar-refractivity contribution >= 4 is 22.6 Å². The molecule has 2 aromatic rings. The Morgan fingerprint density at radius 1 is 1.48 bits per heavy atom. The van der Waals surface area contributed by atoms with E-state index in [-0.39, 0.29) is 12.5 Å². The number of carboxylic acids is 1. The molecular weight excluding hydrogens is 268 g/mol. The van der Waals surface area contributed by atoms with Gasteiger partial charge in [0.1, 0.15) is 11.6 Å². The van der Waals surface area contributed by atoms with Crippen molar-refractivity contribution in [3.8, 4) is 5.75 Å². The van der Waals surface area contributed by atoms with E-state index in [4.69, 9.17) is 9.84 Å². The first-order chi connectivity index (χ1) is 10.2. The summed E-state index contributed by atoms with van der Waals surface area (Å²) in [6, 6.07) is 7.86. The molecule has 1 N–H and O–H groups in total. The molecule has 0 saturated carbocycles. The van der Waals surface area contributed by atoms with Crippen molar-refractivity contribution in [3.63, 3.8) is 0 Å². The number of aliphatic carboxylic acids is 1. The number of rotatable bonds is 4. The summed E-state index contributed by atoms with van der Waals surface area (Å²) >= 11 is 0. The Balaban J connectivity index is 2.01. The quantitative estimate of drug-likeness (QED) is 0.936. The summed E-state index contributed by atoms with van der Waals surface area (Å²) in [7, 11) is 1.65. The Morgan fingerprint density at radius 2 is 2.33 bits per heavy atom. The molecule has 1 aromatic carbocycles. The molecule has 1 fully saturated rings. The van der Waals surface area contributed by atoms with Crippen LogP contribution in [0.15, 0.2) is 30.5 Å². The summed E-state index contributed by atoms with van der Waals surface area (Å²) in [4.78, 5) is 17.6. The van der Waals surface area contributed by atoms with Gasteiger partial charge in [0.2, 0.25) is 0 Å². The fourth-order valence-electron chi connectivity index (χ4n) is 3.02. The van der Waals surface area contributed by atoms with E-state index in [1.165, 1.54) is 0 Å². The molecule has 110 valence electrons. The molecule has 2 heterocycles. The normalized spacial score (nSPS) is 18.1. The van der Waals surface area contributed by atoms with Crippen LogP contribution >= 0.6 is 0 Å². The van der Waals surface area contributed by atoms with Crippen LogP contribution in [0.25, 0.3) is 10.8 Å². The minimum atomic E-state index is -0.756. The molecule has 5 heteroatoms. The van der Waals surface area contributed by atoms with Crippen LogP contribution in [-0.2, 0) is 4.79 Å². The Hall–Kier alpha value is -2.30. The Morgan fingerprint density at radius 3 is 3.10 bits per heavy atom. The monoisotopic (exact) mass is 286 g/mol. The Labute approximate surface area is 123 Å². The van der Waals surface area contributed by atoms with Crippen LogP contribution in [0.4, 0.5) is 5.82 Å². The van der Waals surface area contributed by atoms with Crippen molar-refractivity contribution in [3.05, 3.63) is 30.5 Å². The first-order valence-electron chi connectivity index (χ1n) is 7.10. The molecule has 5 nitrogen and oxygen atoms in total. The summed E-state index contributed by atoms with van der Waals surface area (Å²) in [6.07, 6.45) is 3.84. The molecule has 1 atom stereocenters. The van der Waals surface area contributed by atoms with Crippen molar-refractivity contribution in [1.82, 2.24) is 4.98 Å². The van der Waals surface area contributed by atoms with Crippen LogP contribution in [0.2, 0.25) is 0 Å². The molecule has 0 radical (unpaired) electrons. The van der Waals surface area contributed by atoms with Crippen LogP contribution in [0.3, 0.4) is 0 Å². The number of pyridine rings is 1. The summed E-state index contributed by atoms with van der Waals surface area (Å²) in [5, 5.41) is 11.1. The topological polar surface area (TPSA) is 62.7 Å². The molecule has 1 aromatic heterocycles. The van der Waals surface area contributed by atoms with E-state index in [9.17, 15) is 4.79 Å². The minimum Gasteiger partial charge on any atom is -0.497 e. The van der Waals surface area contributed by atoms with Gasteiger partial charge in [-0.25, -0.2) is 4.98 Å².